The summed E-state index contributed by atoms with van der Waals surface area (Å²) < 4.78 is 66.6. The van der Waals surface area contributed by atoms with Crippen molar-refractivity contribution in [2.24, 2.45) is 0 Å². The Morgan fingerprint density at radius 2 is 2.03 bits per heavy atom. The molecule has 1 aromatic heterocycles. The van der Waals surface area contributed by atoms with E-state index in [1.807, 2.05) is 0 Å². The third kappa shape index (κ3) is 4.85. The molecule has 4 heterocycles. The van der Waals surface area contributed by atoms with Crippen molar-refractivity contribution in [1.82, 2.24) is 19.8 Å². The number of amides is 1. The number of nitrogens with zero attached hydrogens (tertiary/aromatic N) is 3. The van der Waals surface area contributed by atoms with Crippen LogP contribution in [0.4, 0.5) is 13.6 Å². The Labute approximate surface area is 208 Å². The average molecular weight is 525 g/mol. The Morgan fingerprint density at radius 1 is 1.25 bits per heavy atom. The van der Waals surface area contributed by atoms with Gasteiger partial charge in [-0.2, -0.15) is 0 Å². The van der Waals surface area contributed by atoms with Crippen molar-refractivity contribution in [2.75, 3.05) is 12.4 Å². The molecule has 0 radical (unpaired) electrons. The van der Waals surface area contributed by atoms with E-state index in [0.717, 1.165) is 29.6 Å². The van der Waals surface area contributed by atoms with Gasteiger partial charge in [-0.15, -0.1) is 0 Å². The number of carbonyl (C=O) groups is 1. The Morgan fingerprint density at radius 3 is 2.78 bits per heavy atom. The zero-order valence-corrected chi connectivity index (χ0v) is 21.3. The lowest BCUT2D eigenvalue weighted by Gasteiger charge is -2.40. The van der Waals surface area contributed by atoms with E-state index >= 15 is 0 Å². The lowest BCUT2D eigenvalue weighted by molar-refractivity contribution is -0.0631. The van der Waals surface area contributed by atoms with Crippen LogP contribution in [0, 0.1) is 11.6 Å². The minimum absolute atomic E-state index is 0.0318. The molecular weight excluding hydrogens is 494 g/mol. The first kappa shape index (κ1) is 25.1. The highest BCUT2D eigenvalue weighted by Crippen LogP contribution is 2.36. The van der Waals surface area contributed by atoms with Gasteiger partial charge in [-0.1, -0.05) is 0 Å². The monoisotopic (exact) mass is 524 g/mol. The smallest absolute Gasteiger partial charge is 0.407 e. The molecular formula is C24H30F2N4O5S. The second-order valence-electron chi connectivity index (χ2n) is 10.6. The van der Waals surface area contributed by atoms with E-state index in [4.69, 9.17) is 9.47 Å². The van der Waals surface area contributed by atoms with E-state index in [1.165, 1.54) is 0 Å². The summed E-state index contributed by atoms with van der Waals surface area (Å²) in [5, 5.41) is 2.94. The third-order valence-corrected chi connectivity index (χ3v) is 8.44. The van der Waals surface area contributed by atoms with Gasteiger partial charge < -0.3 is 19.4 Å². The van der Waals surface area contributed by atoms with Gasteiger partial charge >= 0.3 is 6.09 Å². The quantitative estimate of drug-likeness (QED) is 0.658. The number of hydrogen-bond donors (Lipinski definition) is 1. The normalized spacial score (nSPS) is 25.8. The second kappa shape index (κ2) is 9.07. The van der Waals surface area contributed by atoms with Crippen molar-refractivity contribution in [3.05, 3.63) is 46.8 Å². The summed E-state index contributed by atoms with van der Waals surface area (Å²) in [5.74, 6) is -1.11. The van der Waals surface area contributed by atoms with Gasteiger partial charge in [0.25, 0.3) is 0 Å². The molecule has 2 aromatic rings. The lowest BCUT2D eigenvalue weighted by atomic mass is 9.92. The predicted octanol–water partition coefficient (Wildman–Crippen LogP) is 3.08. The third-order valence-electron chi connectivity index (χ3n) is 6.74. The molecule has 0 bridgehead atoms. The number of imidazole rings is 1. The number of sulfone groups is 1. The maximum atomic E-state index is 14.6. The van der Waals surface area contributed by atoms with Crippen molar-refractivity contribution < 1.29 is 31.5 Å². The summed E-state index contributed by atoms with van der Waals surface area (Å²) in [7, 11) is -3.36. The predicted molar refractivity (Wildman–Crippen MR) is 125 cm³/mol. The first-order chi connectivity index (χ1) is 16.9. The molecule has 5 rings (SSSR count). The van der Waals surface area contributed by atoms with E-state index in [0.29, 0.717) is 32.5 Å². The molecule has 9 nitrogen and oxygen atoms in total. The van der Waals surface area contributed by atoms with E-state index in [9.17, 15) is 22.0 Å². The van der Waals surface area contributed by atoms with Gasteiger partial charge in [0.15, 0.2) is 0 Å². The summed E-state index contributed by atoms with van der Waals surface area (Å²) in [6.45, 7) is 6.98. The average Bonchev–Trinajstić information content (AvgIpc) is 3.34. The van der Waals surface area contributed by atoms with Gasteiger partial charge in [-0.25, -0.2) is 27.0 Å². The minimum atomic E-state index is -3.36. The standard InChI is InChI=1S/C24H30F2N4O5S/c1-24(2,3)35-23(31)28-18-10-15(13-34-21(18)16-9-14(25)5-6-17(16)26)29-11-19-20(12-29)30-7-4-8-36(32,33)22(30)27-19/h5-6,9,15,18,21H,4,7-8,10-13H2,1-3H3,(H,28,31)/t15-,18+,21-/m1/s1. The summed E-state index contributed by atoms with van der Waals surface area (Å²) in [6.07, 6.45) is -0.625. The number of benzene rings is 1. The maximum Gasteiger partial charge on any atom is 0.407 e. The molecule has 1 amide bonds. The number of ether oxygens (including phenoxy) is 2. The summed E-state index contributed by atoms with van der Waals surface area (Å²) in [4.78, 5) is 19.2. The van der Waals surface area contributed by atoms with Gasteiger partial charge in [0.05, 0.1) is 29.8 Å². The molecule has 196 valence electrons. The number of aromatic nitrogens is 2. The molecule has 1 fully saturated rings. The molecule has 3 aliphatic rings. The number of fused-ring (bicyclic) bond motifs is 3. The van der Waals surface area contributed by atoms with Crippen LogP contribution in [0.3, 0.4) is 0 Å². The molecule has 0 saturated carbocycles. The Hall–Kier alpha value is -2.57. The van der Waals surface area contributed by atoms with Crippen molar-refractivity contribution in [1.29, 1.82) is 0 Å². The molecule has 12 heteroatoms. The number of nitrogens with one attached hydrogen (secondary N) is 1. The zero-order chi connectivity index (χ0) is 25.8. The molecule has 1 N–H and O–H groups in total. The molecule has 3 atom stereocenters. The largest absolute Gasteiger partial charge is 0.444 e. The van der Waals surface area contributed by atoms with Gasteiger partial charge in [0, 0.05) is 31.2 Å². The van der Waals surface area contributed by atoms with E-state index in [1.54, 1.807) is 25.3 Å². The summed E-state index contributed by atoms with van der Waals surface area (Å²) in [6, 6.07) is 2.32. The topological polar surface area (TPSA) is 103 Å². The number of alkyl carbamates (subject to hydrolysis) is 1. The Balaban J connectivity index is 1.36. The molecule has 0 aliphatic carbocycles. The molecule has 1 aromatic carbocycles. The van der Waals surface area contributed by atoms with Crippen LogP contribution < -0.4 is 5.32 Å². The first-order valence-electron chi connectivity index (χ1n) is 12.0. The highest BCUT2D eigenvalue weighted by molar-refractivity contribution is 7.91. The summed E-state index contributed by atoms with van der Waals surface area (Å²) >= 11 is 0. The fourth-order valence-electron chi connectivity index (χ4n) is 5.19. The van der Waals surface area contributed by atoms with Gasteiger partial charge in [0.1, 0.15) is 23.3 Å². The van der Waals surface area contributed by atoms with Gasteiger partial charge in [-0.3, -0.25) is 4.90 Å². The number of rotatable bonds is 3. The number of hydrogen-bond acceptors (Lipinski definition) is 7. The van der Waals surface area contributed by atoms with Crippen molar-refractivity contribution in [2.45, 2.75) is 82.2 Å². The van der Waals surface area contributed by atoms with Crippen LogP contribution >= 0.6 is 0 Å². The maximum absolute atomic E-state index is 14.6. The van der Waals surface area contributed by atoms with Crippen LogP contribution in [0.1, 0.15) is 56.7 Å². The van der Waals surface area contributed by atoms with Crippen LogP contribution in [-0.2, 0) is 38.9 Å². The van der Waals surface area contributed by atoms with E-state index < -0.39 is 45.3 Å². The van der Waals surface area contributed by atoms with Crippen molar-refractivity contribution in [3.8, 4) is 0 Å². The Bertz CT molecular complexity index is 1290. The van der Waals surface area contributed by atoms with Crippen LogP contribution in [0.5, 0.6) is 0 Å². The van der Waals surface area contributed by atoms with Crippen molar-refractivity contribution >= 4 is 15.9 Å². The number of carbonyl (C=O) groups excluding carboxylic acids is 1. The zero-order valence-electron chi connectivity index (χ0n) is 20.5. The molecule has 0 spiro atoms. The van der Waals surface area contributed by atoms with Gasteiger partial charge in [-0.05, 0) is 51.8 Å². The molecule has 0 unspecified atom stereocenters. The SMILES string of the molecule is CC(C)(C)OC(=O)N[C@H]1C[C@@H](N2Cc3nc4n(c3C2)CCCS4(=O)=O)CO[C@@H]1c1cc(F)ccc1F. The number of halogens is 2. The fraction of sp³-hybridized carbons (Fsp3) is 0.583. The second-order valence-corrected chi connectivity index (χ2v) is 12.6. The lowest BCUT2D eigenvalue weighted by Crippen LogP contribution is -2.52. The van der Waals surface area contributed by atoms with Gasteiger partial charge in [0.2, 0.25) is 15.0 Å². The van der Waals surface area contributed by atoms with Crippen LogP contribution in [0.25, 0.3) is 0 Å². The van der Waals surface area contributed by atoms with Crippen LogP contribution in [0.15, 0.2) is 23.4 Å². The summed E-state index contributed by atoms with van der Waals surface area (Å²) in [5.41, 5.74) is 0.904. The van der Waals surface area contributed by atoms with E-state index in [2.05, 4.69) is 15.2 Å². The van der Waals surface area contributed by atoms with Crippen LogP contribution in [0.2, 0.25) is 0 Å². The molecule has 1 saturated heterocycles. The highest BCUT2D eigenvalue weighted by atomic mass is 32.2. The van der Waals surface area contributed by atoms with E-state index in [-0.39, 0.29) is 29.1 Å². The molecule has 3 aliphatic heterocycles. The van der Waals surface area contributed by atoms with Crippen molar-refractivity contribution in [3.63, 3.8) is 0 Å². The fourth-order valence-corrected chi connectivity index (χ4v) is 6.67. The van der Waals surface area contributed by atoms with Crippen LogP contribution in [-0.4, -0.2) is 59.0 Å². The minimum Gasteiger partial charge on any atom is -0.444 e. The Kier molecular flexibility index (Phi) is 6.32. The first-order valence-corrected chi connectivity index (χ1v) is 13.7. The highest BCUT2D eigenvalue weighted by Gasteiger charge is 2.41. The molecule has 36 heavy (non-hydrogen) atoms.